The lowest BCUT2D eigenvalue weighted by molar-refractivity contribution is -0.388. The molecule has 0 saturated heterocycles. The lowest BCUT2D eigenvalue weighted by atomic mass is 9.90. The monoisotopic (exact) mass is 318 g/mol. The van der Waals surface area contributed by atoms with E-state index in [1.165, 1.54) is 6.92 Å². The molecule has 0 aliphatic heterocycles. The predicted molar refractivity (Wildman–Crippen MR) is 75.3 cm³/mol. The molecule has 0 radical (unpaired) electrons. The van der Waals surface area contributed by atoms with Gasteiger partial charge in [0.05, 0.1) is 4.92 Å². The van der Waals surface area contributed by atoms with Gasteiger partial charge in [0.15, 0.2) is 0 Å². The van der Waals surface area contributed by atoms with Crippen molar-refractivity contribution < 1.29 is 28.0 Å². The van der Waals surface area contributed by atoms with Crippen molar-refractivity contribution >= 4 is 25.1 Å². The molecule has 120 valence electrons. The zero-order valence-electron chi connectivity index (χ0n) is 11.9. The first-order valence-corrected chi connectivity index (χ1v) is 6.38. The lowest BCUT2D eigenvalue weighted by Gasteiger charge is -2.21. The van der Waals surface area contributed by atoms with Gasteiger partial charge < -0.3 is 10.4 Å². The van der Waals surface area contributed by atoms with Gasteiger partial charge in [0.25, 0.3) is 11.6 Å². The minimum Gasteiger partial charge on any atom is -0.380 e. The Morgan fingerprint density at radius 3 is 2.50 bits per heavy atom. The number of nitro benzene ring substituents is 1. The average molecular weight is 318 g/mol. The summed E-state index contributed by atoms with van der Waals surface area (Å²) in [5.74, 6) is -0.878. The number of anilines is 1. The number of carbonyl (C=O) groups is 1. The van der Waals surface area contributed by atoms with E-state index in [0.717, 1.165) is 6.07 Å². The molecule has 0 aromatic heterocycles. The van der Waals surface area contributed by atoms with Crippen molar-refractivity contribution in [1.29, 1.82) is 0 Å². The number of amides is 1. The largest absolute Gasteiger partial charge is 0.423 e. The molecule has 1 rings (SSSR count). The molecular weight excluding hydrogens is 304 g/mol. The van der Waals surface area contributed by atoms with Gasteiger partial charge in [0.1, 0.15) is 19.0 Å². The maximum Gasteiger partial charge on any atom is 0.423 e. The summed E-state index contributed by atoms with van der Waals surface area (Å²) in [5, 5.41) is 22.6. The van der Waals surface area contributed by atoms with E-state index in [2.05, 4.69) is 5.32 Å². The van der Waals surface area contributed by atoms with Gasteiger partial charge in [0.2, 0.25) is 0 Å². The van der Waals surface area contributed by atoms with Crippen molar-refractivity contribution in [3.63, 3.8) is 0 Å². The number of carbonyl (C=O) groups excluding carboxylic acids is 1. The van der Waals surface area contributed by atoms with E-state index in [-0.39, 0.29) is 12.1 Å². The number of halogens is 3. The number of nitrogens with zero attached hydrogens (tertiary/aromatic N) is 1. The van der Waals surface area contributed by atoms with Crippen molar-refractivity contribution in [2.24, 2.45) is 0 Å². The van der Waals surface area contributed by atoms with E-state index in [0.29, 0.717) is 18.5 Å². The fourth-order valence-corrected chi connectivity index (χ4v) is 1.87. The molecule has 0 spiro atoms. The molecule has 0 heterocycles. The van der Waals surface area contributed by atoms with E-state index >= 15 is 0 Å². The highest BCUT2D eigenvalue weighted by Gasteiger charge is 2.39. The summed E-state index contributed by atoms with van der Waals surface area (Å²) in [7, 11) is 1.73. The highest BCUT2D eigenvalue weighted by Crippen LogP contribution is 2.37. The maximum atomic E-state index is 12.8. The number of hydrogen-bond acceptors (Lipinski definition) is 4. The third-order valence-electron chi connectivity index (χ3n) is 2.98. The van der Waals surface area contributed by atoms with Crippen LogP contribution in [0.4, 0.5) is 24.5 Å². The lowest BCUT2D eigenvalue weighted by Crippen LogP contribution is -2.39. The summed E-state index contributed by atoms with van der Waals surface area (Å²) in [5.41, 5.74) is -4.59. The maximum absolute atomic E-state index is 12.8. The van der Waals surface area contributed by atoms with Crippen LogP contribution in [0.15, 0.2) is 18.2 Å². The fraction of sp³-hybridized carbons (Fsp3) is 0.417. The first-order valence-electron chi connectivity index (χ1n) is 6.38. The van der Waals surface area contributed by atoms with Crippen LogP contribution in [-0.4, -0.2) is 29.4 Å². The van der Waals surface area contributed by atoms with Crippen LogP contribution in [0.25, 0.3) is 0 Å². The summed E-state index contributed by atoms with van der Waals surface area (Å²) in [6, 6.07) is 2.11. The molecule has 0 saturated carbocycles. The van der Waals surface area contributed by atoms with Crippen molar-refractivity contribution in [3.8, 4) is 0 Å². The van der Waals surface area contributed by atoms with Crippen LogP contribution in [0.5, 0.6) is 0 Å². The molecule has 10 heteroatoms. The third-order valence-corrected chi connectivity index (χ3v) is 2.98. The van der Waals surface area contributed by atoms with E-state index in [1.54, 1.807) is 7.85 Å². The number of nitrogens with one attached hydrogen (secondary N) is 1. The highest BCUT2D eigenvalue weighted by molar-refractivity contribution is 6.09. The number of hydrogen-bond donors (Lipinski definition) is 2. The molecule has 2 N–H and O–H groups in total. The fourth-order valence-electron chi connectivity index (χ4n) is 1.87. The molecule has 0 unspecified atom stereocenters. The molecule has 0 aliphatic rings. The topological polar surface area (TPSA) is 92.5 Å². The first kappa shape index (κ1) is 18.0. The van der Waals surface area contributed by atoms with Crippen LogP contribution < -0.4 is 5.32 Å². The van der Waals surface area contributed by atoms with Crippen molar-refractivity contribution in [2.75, 3.05) is 5.32 Å². The Morgan fingerprint density at radius 2 is 2.05 bits per heavy atom. The smallest absolute Gasteiger partial charge is 0.380 e. The van der Waals surface area contributed by atoms with Crippen LogP contribution in [0, 0.1) is 10.1 Å². The Bertz CT molecular complexity index is 590. The van der Waals surface area contributed by atoms with Gasteiger partial charge in [0, 0.05) is 11.8 Å². The standard InChI is InChI=1S/C12H14BF3N2O4/c1-11(20,4-5-13)10(19)17-7-2-3-9(18(21)22)8(6-7)12(14,15)16/h2-3,6,20H,4-5,13H2,1H3,(H,17,19)/t11-/m0/s1. The van der Waals surface area contributed by atoms with Crippen LogP contribution in [0.2, 0.25) is 6.32 Å². The Balaban J connectivity index is 3.13. The highest BCUT2D eigenvalue weighted by atomic mass is 19.4. The Hall–Kier alpha value is -2.10. The minimum absolute atomic E-state index is 0.123. The number of alkyl halides is 3. The van der Waals surface area contributed by atoms with Crippen LogP contribution >= 0.6 is 0 Å². The van der Waals surface area contributed by atoms with Gasteiger partial charge in [-0.3, -0.25) is 14.9 Å². The Morgan fingerprint density at radius 1 is 1.45 bits per heavy atom. The minimum atomic E-state index is -4.94. The van der Waals surface area contributed by atoms with Crippen LogP contribution in [0.1, 0.15) is 18.9 Å². The number of aliphatic hydroxyl groups is 1. The summed E-state index contributed by atoms with van der Waals surface area (Å²) in [6.45, 7) is 1.24. The van der Waals surface area contributed by atoms with E-state index in [9.17, 15) is 33.2 Å². The van der Waals surface area contributed by atoms with Crippen LogP contribution in [0.3, 0.4) is 0 Å². The first-order chi connectivity index (χ1) is 9.99. The molecule has 22 heavy (non-hydrogen) atoms. The molecule has 0 bridgehead atoms. The summed E-state index contributed by atoms with van der Waals surface area (Å²) in [6.07, 6.45) is -4.32. The summed E-state index contributed by atoms with van der Waals surface area (Å²) < 4.78 is 38.4. The summed E-state index contributed by atoms with van der Waals surface area (Å²) in [4.78, 5) is 21.3. The Kier molecular flexibility index (Phi) is 5.18. The number of rotatable bonds is 5. The Labute approximate surface area is 124 Å². The van der Waals surface area contributed by atoms with E-state index in [4.69, 9.17) is 0 Å². The van der Waals surface area contributed by atoms with Gasteiger partial charge in [-0.25, -0.2) is 0 Å². The molecule has 1 aromatic rings. The number of nitro groups is 1. The molecule has 0 fully saturated rings. The molecule has 1 aromatic carbocycles. The van der Waals surface area contributed by atoms with Gasteiger partial charge in [-0.2, -0.15) is 13.2 Å². The molecule has 0 aliphatic carbocycles. The SMILES string of the molecule is BCC[C@](C)(O)C(=O)Nc1ccc([N+](=O)[O-])c(C(F)(F)F)c1. The quantitative estimate of drug-likeness (QED) is 0.491. The molecule has 1 amide bonds. The molecule has 6 nitrogen and oxygen atoms in total. The van der Waals surface area contributed by atoms with Crippen molar-refractivity contribution in [3.05, 3.63) is 33.9 Å². The zero-order chi connectivity index (χ0) is 17.1. The van der Waals surface area contributed by atoms with Crippen LogP contribution in [-0.2, 0) is 11.0 Å². The summed E-state index contributed by atoms with van der Waals surface area (Å²) >= 11 is 0. The molecular formula is C12H14BF3N2O4. The van der Waals surface area contributed by atoms with E-state index < -0.39 is 33.9 Å². The predicted octanol–water partition coefficient (Wildman–Crippen LogP) is 1.74. The normalized spacial score (nSPS) is 14.2. The average Bonchev–Trinajstić information content (AvgIpc) is 2.37. The van der Waals surface area contributed by atoms with Gasteiger partial charge >= 0.3 is 6.18 Å². The van der Waals surface area contributed by atoms with E-state index in [1.807, 2.05) is 0 Å². The van der Waals surface area contributed by atoms with Gasteiger partial charge in [-0.05, 0) is 25.5 Å². The second kappa shape index (κ2) is 6.35. The van der Waals surface area contributed by atoms with Gasteiger partial charge in [-0.1, -0.05) is 6.32 Å². The second-order valence-corrected chi connectivity index (χ2v) is 4.96. The zero-order valence-corrected chi connectivity index (χ0v) is 11.9. The van der Waals surface area contributed by atoms with Gasteiger partial charge in [-0.15, -0.1) is 0 Å². The second-order valence-electron chi connectivity index (χ2n) is 4.96. The molecule has 1 atom stereocenters. The third kappa shape index (κ3) is 4.20. The number of benzene rings is 1. The van der Waals surface area contributed by atoms with Crippen molar-refractivity contribution in [2.45, 2.75) is 31.4 Å². The van der Waals surface area contributed by atoms with Crippen molar-refractivity contribution in [1.82, 2.24) is 0 Å².